The van der Waals surface area contributed by atoms with E-state index in [4.69, 9.17) is 16.3 Å². The summed E-state index contributed by atoms with van der Waals surface area (Å²) in [5.41, 5.74) is 2.13. The monoisotopic (exact) mass is 486 g/mol. The summed E-state index contributed by atoms with van der Waals surface area (Å²) in [5, 5.41) is 7.31. The molecule has 0 bridgehead atoms. The number of rotatable bonds is 7. The largest absolute Gasteiger partial charge is 0.477 e. The molecule has 2 N–H and O–H groups in total. The van der Waals surface area contributed by atoms with Crippen molar-refractivity contribution in [1.29, 1.82) is 0 Å². The van der Waals surface area contributed by atoms with E-state index in [1.807, 2.05) is 36.4 Å². The number of hydrogen-bond acceptors (Lipinski definition) is 3. The van der Waals surface area contributed by atoms with E-state index in [1.165, 1.54) is 12.8 Å². The molecular weight excluding hydrogens is 463 g/mol. The number of nitrogens with one attached hydrogen (secondary N) is 2. The fourth-order valence-corrected chi connectivity index (χ4v) is 2.56. The SMILES string of the molecule is CN=C(NCc1ccnc(OCC2CC2)c1)NCc1ccccc1Cl.I. The molecule has 0 aliphatic heterocycles. The molecule has 0 radical (unpaired) electrons. The van der Waals surface area contributed by atoms with Gasteiger partial charge in [0.2, 0.25) is 5.88 Å². The van der Waals surface area contributed by atoms with E-state index in [9.17, 15) is 0 Å². The predicted octanol–water partition coefficient (Wildman–Crippen LogP) is 4.01. The minimum atomic E-state index is 0. The van der Waals surface area contributed by atoms with Crippen molar-refractivity contribution >= 4 is 41.5 Å². The quantitative estimate of drug-likeness (QED) is 0.353. The molecule has 3 rings (SSSR count). The first-order valence-electron chi connectivity index (χ1n) is 8.50. The second-order valence-electron chi connectivity index (χ2n) is 6.13. The van der Waals surface area contributed by atoms with Crippen molar-refractivity contribution in [3.8, 4) is 5.88 Å². The number of nitrogens with zero attached hydrogens (tertiary/aromatic N) is 2. The van der Waals surface area contributed by atoms with E-state index in [0.717, 1.165) is 34.6 Å². The Hall–Kier alpha value is -1.54. The summed E-state index contributed by atoms with van der Waals surface area (Å²) in [4.78, 5) is 8.50. The molecule has 0 amide bonds. The van der Waals surface area contributed by atoms with Crippen molar-refractivity contribution in [3.05, 3.63) is 58.7 Å². The Morgan fingerprint density at radius 2 is 2.00 bits per heavy atom. The van der Waals surface area contributed by atoms with Gasteiger partial charge in [0.25, 0.3) is 0 Å². The third-order valence-corrected chi connectivity index (χ3v) is 4.42. The molecule has 7 heteroatoms. The molecule has 5 nitrogen and oxygen atoms in total. The van der Waals surface area contributed by atoms with Crippen LogP contribution in [0, 0.1) is 5.92 Å². The van der Waals surface area contributed by atoms with Crippen LogP contribution in [0.5, 0.6) is 5.88 Å². The number of ether oxygens (including phenoxy) is 1. The van der Waals surface area contributed by atoms with E-state index in [-0.39, 0.29) is 24.0 Å². The second kappa shape index (κ2) is 10.6. The van der Waals surface area contributed by atoms with Gasteiger partial charge in [-0.25, -0.2) is 4.98 Å². The normalized spacial score (nSPS) is 13.7. The second-order valence-corrected chi connectivity index (χ2v) is 6.53. The van der Waals surface area contributed by atoms with Gasteiger partial charge in [-0.15, -0.1) is 24.0 Å². The summed E-state index contributed by atoms with van der Waals surface area (Å²) in [5.74, 6) is 2.12. The molecule has 1 aromatic heterocycles. The van der Waals surface area contributed by atoms with Gasteiger partial charge in [0.1, 0.15) is 0 Å². The molecule has 2 aromatic rings. The zero-order chi connectivity index (χ0) is 17.5. The Kier molecular flexibility index (Phi) is 8.44. The number of benzene rings is 1. The van der Waals surface area contributed by atoms with Gasteiger partial charge in [-0.3, -0.25) is 4.99 Å². The van der Waals surface area contributed by atoms with Crippen LogP contribution >= 0.6 is 35.6 Å². The van der Waals surface area contributed by atoms with Gasteiger partial charge >= 0.3 is 0 Å². The number of hydrogen-bond donors (Lipinski definition) is 2. The molecule has 1 fully saturated rings. The van der Waals surface area contributed by atoms with E-state index >= 15 is 0 Å². The molecule has 0 atom stereocenters. The average Bonchev–Trinajstić information content (AvgIpc) is 3.46. The van der Waals surface area contributed by atoms with Gasteiger partial charge in [0.15, 0.2) is 5.96 Å². The number of pyridine rings is 1. The standard InChI is InChI=1S/C19H23ClN4O.HI/c1-21-19(24-12-16-4-2-3-5-17(16)20)23-11-15-8-9-22-18(10-15)25-13-14-6-7-14;/h2-5,8-10,14H,6-7,11-13H2,1H3,(H2,21,23,24);1H. The number of aliphatic imine (C=N–C) groups is 1. The third kappa shape index (κ3) is 6.64. The Morgan fingerprint density at radius 3 is 2.73 bits per heavy atom. The van der Waals surface area contributed by atoms with Crippen molar-refractivity contribution in [2.24, 2.45) is 10.9 Å². The molecule has 0 unspecified atom stereocenters. The molecule has 0 saturated heterocycles. The number of guanidine groups is 1. The van der Waals surface area contributed by atoms with E-state index < -0.39 is 0 Å². The van der Waals surface area contributed by atoms with Crippen LogP contribution in [0.4, 0.5) is 0 Å². The van der Waals surface area contributed by atoms with Gasteiger partial charge in [0, 0.05) is 37.4 Å². The summed E-state index contributed by atoms with van der Waals surface area (Å²) in [6, 6.07) is 11.7. The molecule has 140 valence electrons. The Labute approximate surface area is 176 Å². The summed E-state index contributed by atoms with van der Waals surface area (Å²) in [6.07, 6.45) is 4.32. The van der Waals surface area contributed by atoms with Crippen molar-refractivity contribution < 1.29 is 4.74 Å². The van der Waals surface area contributed by atoms with Crippen molar-refractivity contribution in [1.82, 2.24) is 15.6 Å². The highest BCUT2D eigenvalue weighted by molar-refractivity contribution is 14.0. The van der Waals surface area contributed by atoms with Crippen LogP contribution in [0.1, 0.15) is 24.0 Å². The van der Waals surface area contributed by atoms with Crippen LogP contribution < -0.4 is 15.4 Å². The highest BCUT2D eigenvalue weighted by atomic mass is 127. The van der Waals surface area contributed by atoms with Gasteiger partial charge in [-0.05, 0) is 42.0 Å². The summed E-state index contributed by atoms with van der Waals surface area (Å²) >= 11 is 6.18. The molecule has 0 spiro atoms. The molecule has 1 aliphatic carbocycles. The average molecular weight is 487 g/mol. The lowest BCUT2D eigenvalue weighted by atomic mass is 10.2. The van der Waals surface area contributed by atoms with Crippen LogP contribution in [0.2, 0.25) is 5.02 Å². The first kappa shape index (κ1) is 20.8. The van der Waals surface area contributed by atoms with Gasteiger partial charge in [-0.2, -0.15) is 0 Å². The highest BCUT2D eigenvalue weighted by Crippen LogP contribution is 2.29. The molecule has 26 heavy (non-hydrogen) atoms. The minimum Gasteiger partial charge on any atom is -0.477 e. The predicted molar refractivity (Wildman–Crippen MR) is 116 cm³/mol. The van der Waals surface area contributed by atoms with Crippen molar-refractivity contribution in [2.45, 2.75) is 25.9 Å². The zero-order valence-corrected chi connectivity index (χ0v) is 17.8. The molecule has 1 heterocycles. The lowest BCUT2D eigenvalue weighted by Gasteiger charge is -2.13. The topological polar surface area (TPSA) is 58.5 Å². The fourth-order valence-electron chi connectivity index (χ4n) is 2.35. The third-order valence-electron chi connectivity index (χ3n) is 4.05. The summed E-state index contributed by atoms with van der Waals surface area (Å²) < 4.78 is 5.72. The van der Waals surface area contributed by atoms with Gasteiger partial charge in [-0.1, -0.05) is 29.8 Å². The summed E-state index contributed by atoms with van der Waals surface area (Å²) in [7, 11) is 1.75. The molecular formula is C19H24ClIN4O. The lowest BCUT2D eigenvalue weighted by Crippen LogP contribution is -2.36. The van der Waals surface area contributed by atoms with E-state index in [1.54, 1.807) is 13.2 Å². The number of aromatic nitrogens is 1. The fraction of sp³-hybridized carbons (Fsp3) is 0.368. The van der Waals surface area contributed by atoms with E-state index in [0.29, 0.717) is 19.0 Å². The van der Waals surface area contributed by atoms with Crippen LogP contribution in [-0.2, 0) is 13.1 Å². The van der Waals surface area contributed by atoms with Crippen LogP contribution in [0.3, 0.4) is 0 Å². The lowest BCUT2D eigenvalue weighted by molar-refractivity contribution is 0.288. The van der Waals surface area contributed by atoms with E-state index in [2.05, 4.69) is 20.6 Å². The first-order valence-corrected chi connectivity index (χ1v) is 8.88. The maximum Gasteiger partial charge on any atom is 0.213 e. The zero-order valence-electron chi connectivity index (χ0n) is 14.7. The first-order chi connectivity index (χ1) is 12.2. The van der Waals surface area contributed by atoms with Crippen LogP contribution in [-0.4, -0.2) is 24.6 Å². The van der Waals surface area contributed by atoms with Crippen LogP contribution in [0.25, 0.3) is 0 Å². The van der Waals surface area contributed by atoms with Gasteiger partial charge in [0.05, 0.1) is 6.61 Å². The maximum absolute atomic E-state index is 6.18. The molecule has 1 aromatic carbocycles. The smallest absolute Gasteiger partial charge is 0.213 e. The maximum atomic E-state index is 6.18. The summed E-state index contributed by atoms with van der Waals surface area (Å²) in [6.45, 7) is 2.03. The Balaban J connectivity index is 0.00000243. The van der Waals surface area contributed by atoms with Gasteiger partial charge < -0.3 is 15.4 Å². The van der Waals surface area contributed by atoms with Crippen molar-refractivity contribution in [3.63, 3.8) is 0 Å². The minimum absolute atomic E-state index is 0. The Morgan fingerprint density at radius 1 is 1.23 bits per heavy atom. The number of halogens is 2. The molecule has 1 aliphatic rings. The highest BCUT2D eigenvalue weighted by Gasteiger charge is 2.22. The Bertz CT molecular complexity index is 737. The van der Waals surface area contributed by atoms with Crippen molar-refractivity contribution in [2.75, 3.05) is 13.7 Å². The van der Waals surface area contributed by atoms with Crippen LogP contribution in [0.15, 0.2) is 47.6 Å². The molecule has 1 saturated carbocycles.